The van der Waals surface area contributed by atoms with Gasteiger partial charge in [-0.1, -0.05) is 17.7 Å². The lowest BCUT2D eigenvalue weighted by Crippen LogP contribution is -2.15. The molecule has 2 N–H and O–H groups in total. The molecule has 3 rings (SSSR count). The lowest BCUT2D eigenvalue weighted by molar-refractivity contribution is 0.102. The van der Waals surface area contributed by atoms with E-state index in [0.29, 0.717) is 11.4 Å². The van der Waals surface area contributed by atoms with Crippen LogP contribution in [0.3, 0.4) is 0 Å². The van der Waals surface area contributed by atoms with E-state index < -0.39 is 11.7 Å². The van der Waals surface area contributed by atoms with Gasteiger partial charge in [0.25, 0.3) is 5.91 Å². The number of nitrogens with one attached hydrogen (secondary N) is 2. The number of pyridine rings is 1. The van der Waals surface area contributed by atoms with Gasteiger partial charge in [0.05, 0.1) is 22.5 Å². The molecular formula is C18H12ClF2N3O. The number of anilines is 3. The van der Waals surface area contributed by atoms with Crippen LogP contribution in [-0.2, 0) is 0 Å². The summed E-state index contributed by atoms with van der Waals surface area (Å²) in [5, 5.41) is 5.55. The molecule has 7 heteroatoms. The Morgan fingerprint density at radius 1 is 0.960 bits per heavy atom. The van der Waals surface area contributed by atoms with Gasteiger partial charge >= 0.3 is 0 Å². The van der Waals surface area contributed by atoms with E-state index >= 15 is 0 Å². The number of nitrogens with zero attached hydrogens (tertiary/aromatic N) is 1. The van der Waals surface area contributed by atoms with Crippen molar-refractivity contribution < 1.29 is 13.6 Å². The Morgan fingerprint density at radius 3 is 2.32 bits per heavy atom. The summed E-state index contributed by atoms with van der Waals surface area (Å²) in [5.74, 6) is -1.48. The fraction of sp³-hybridized carbons (Fsp3) is 0. The molecular weight excluding hydrogens is 348 g/mol. The molecule has 0 spiro atoms. The maximum Gasteiger partial charge on any atom is 0.261 e. The van der Waals surface area contributed by atoms with Gasteiger partial charge in [-0.15, -0.1) is 0 Å². The number of hydrogen-bond acceptors (Lipinski definition) is 3. The van der Waals surface area contributed by atoms with Crippen molar-refractivity contribution in [2.24, 2.45) is 0 Å². The lowest BCUT2D eigenvalue weighted by atomic mass is 10.2. The second kappa shape index (κ2) is 7.27. The van der Waals surface area contributed by atoms with E-state index in [2.05, 4.69) is 15.6 Å². The van der Waals surface area contributed by atoms with Crippen LogP contribution in [0.2, 0.25) is 5.02 Å². The topological polar surface area (TPSA) is 54.0 Å². The highest BCUT2D eigenvalue weighted by molar-refractivity contribution is 6.34. The van der Waals surface area contributed by atoms with Gasteiger partial charge in [0, 0.05) is 5.69 Å². The monoisotopic (exact) mass is 359 g/mol. The lowest BCUT2D eigenvalue weighted by Gasteiger charge is -2.09. The van der Waals surface area contributed by atoms with Gasteiger partial charge in [-0.05, 0) is 48.5 Å². The summed E-state index contributed by atoms with van der Waals surface area (Å²) >= 11 is 5.86. The summed E-state index contributed by atoms with van der Waals surface area (Å²) < 4.78 is 26.6. The first-order valence-corrected chi connectivity index (χ1v) is 7.65. The molecule has 25 heavy (non-hydrogen) atoms. The predicted molar refractivity (Wildman–Crippen MR) is 93.3 cm³/mol. The Labute approximate surface area is 147 Å². The first-order chi connectivity index (χ1) is 12.0. The summed E-state index contributed by atoms with van der Waals surface area (Å²) in [7, 11) is 0. The molecule has 126 valence electrons. The first-order valence-electron chi connectivity index (χ1n) is 7.27. The number of amides is 1. The predicted octanol–water partition coefficient (Wildman–Crippen LogP) is 5.01. The molecule has 0 bridgehead atoms. The first kappa shape index (κ1) is 16.9. The summed E-state index contributed by atoms with van der Waals surface area (Å²) in [6.07, 6.45) is 1.49. The van der Waals surface area contributed by atoms with Gasteiger partial charge in [-0.3, -0.25) is 4.79 Å². The van der Waals surface area contributed by atoms with Gasteiger partial charge in [0.15, 0.2) is 0 Å². The Morgan fingerprint density at radius 2 is 1.68 bits per heavy atom. The number of hydrogen-bond donors (Lipinski definition) is 2. The Bertz CT molecular complexity index is 879. The van der Waals surface area contributed by atoms with E-state index in [4.69, 9.17) is 11.6 Å². The van der Waals surface area contributed by atoms with Crippen LogP contribution in [-0.4, -0.2) is 10.9 Å². The maximum atomic E-state index is 13.7. The SMILES string of the molecule is O=C(Nc1ccc(Nc2ccc(F)cc2)cn1)c1c(F)cccc1Cl. The zero-order valence-corrected chi connectivity index (χ0v) is 13.5. The molecule has 3 aromatic rings. The van der Waals surface area contributed by atoms with E-state index in [9.17, 15) is 13.6 Å². The van der Waals surface area contributed by atoms with Crippen molar-refractivity contribution >= 4 is 34.7 Å². The van der Waals surface area contributed by atoms with Crippen LogP contribution in [0.15, 0.2) is 60.8 Å². The summed E-state index contributed by atoms with van der Waals surface area (Å²) in [6, 6.07) is 13.1. The normalized spacial score (nSPS) is 10.4. The van der Waals surface area contributed by atoms with Crippen molar-refractivity contribution in [1.82, 2.24) is 4.98 Å². The minimum absolute atomic E-state index is 0.0205. The molecule has 1 heterocycles. The number of halogens is 3. The molecule has 0 unspecified atom stereocenters. The van der Waals surface area contributed by atoms with Crippen molar-refractivity contribution in [1.29, 1.82) is 0 Å². The maximum absolute atomic E-state index is 13.7. The van der Waals surface area contributed by atoms with Crippen LogP contribution in [0.4, 0.5) is 26.0 Å². The molecule has 0 atom stereocenters. The number of aromatic nitrogens is 1. The third kappa shape index (κ3) is 4.10. The number of benzene rings is 2. The number of carbonyl (C=O) groups is 1. The van der Waals surface area contributed by atoms with Crippen molar-refractivity contribution in [2.45, 2.75) is 0 Å². The largest absolute Gasteiger partial charge is 0.354 e. The third-order valence-corrected chi connectivity index (χ3v) is 3.64. The van der Waals surface area contributed by atoms with Gasteiger partial charge in [0.1, 0.15) is 17.5 Å². The Kier molecular flexibility index (Phi) is 4.90. The molecule has 0 radical (unpaired) electrons. The zero-order valence-electron chi connectivity index (χ0n) is 12.8. The fourth-order valence-corrected chi connectivity index (χ4v) is 2.38. The van der Waals surface area contributed by atoms with Gasteiger partial charge in [0.2, 0.25) is 0 Å². The zero-order chi connectivity index (χ0) is 17.8. The second-order valence-corrected chi connectivity index (χ2v) is 5.52. The molecule has 0 aliphatic carbocycles. The highest BCUT2D eigenvalue weighted by atomic mass is 35.5. The smallest absolute Gasteiger partial charge is 0.261 e. The van der Waals surface area contributed by atoms with Crippen LogP contribution in [0.1, 0.15) is 10.4 Å². The van der Waals surface area contributed by atoms with Gasteiger partial charge < -0.3 is 10.6 Å². The van der Waals surface area contributed by atoms with Gasteiger partial charge in [-0.25, -0.2) is 13.8 Å². The molecule has 1 aromatic heterocycles. The highest BCUT2D eigenvalue weighted by Crippen LogP contribution is 2.21. The number of carbonyl (C=O) groups excluding carboxylic acids is 1. The van der Waals surface area contributed by atoms with Crippen LogP contribution < -0.4 is 10.6 Å². The van der Waals surface area contributed by atoms with Gasteiger partial charge in [-0.2, -0.15) is 0 Å². The van der Waals surface area contributed by atoms with Crippen LogP contribution >= 0.6 is 11.6 Å². The molecule has 0 saturated carbocycles. The van der Waals surface area contributed by atoms with Crippen LogP contribution in [0.5, 0.6) is 0 Å². The Balaban J connectivity index is 1.70. The average Bonchev–Trinajstić information content (AvgIpc) is 2.58. The van der Waals surface area contributed by atoms with Crippen LogP contribution in [0.25, 0.3) is 0 Å². The van der Waals surface area contributed by atoms with Crippen LogP contribution in [0, 0.1) is 11.6 Å². The number of rotatable bonds is 4. The molecule has 0 fully saturated rings. The average molecular weight is 360 g/mol. The molecule has 0 aliphatic rings. The quantitative estimate of drug-likeness (QED) is 0.688. The van der Waals surface area contributed by atoms with Crippen molar-refractivity contribution in [3.05, 3.63) is 83.0 Å². The fourth-order valence-electron chi connectivity index (χ4n) is 2.14. The third-order valence-electron chi connectivity index (χ3n) is 3.33. The summed E-state index contributed by atoms with van der Waals surface area (Å²) in [6.45, 7) is 0. The Hall–Kier alpha value is -2.99. The molecule has 0 saturated heterocycles. The van der Waals surface area contributed by atoms with E-state index in [1.807, 2.05) is 0 Å². The molecule has 0 aliphatic heterocycles. The van der Waals surface area contributed by atoms with E-state index in [-0.39, 0.29) is 22.2 Å². The minimum Gasteiger partial charge on any atom is -0.354 e. The van der Waals surface area contributed by atoms with Crippen molar-refractivity contribution in [2.75, 3.05) is 10.6 Å². The summed E-state index contributed by atoms with van der Waals surface area (Å²) in [5.41, 5.74) is 1.10. The molecule has 4 nitrogen and oxygen atoms in total. The second-order valence-electron chi connectivity index (χ2n) is 5.11. The highest BCUT2D eigenvalue weighted by Gasteiger charge is 2.16. The van der Waals surface area contributed by atoms with E-state index in [1.54, 1.807) is 24.3 Å². The van der Waals surface area contributed by atoms with E-state index in [0.717, 1.165) is 6.07 Å². The molecule has 2 aromatic carbocycles. The molecule has 1 amide bonds. The summed E-state index contributed by atoms with van der Waals surface area (Å²) in [4.78, 5) is 16.2. The minimum atomic E-state index is -0.709. The van der Waals surface area contributed by atoms with Crippen molar-refractivity contribution in [3.8, 4) is 0 Å². The van der Waals surface area contributed by atoms with E-state index in [1.165, 1.54) is 30.5 Å². The standard InChI is InChI=1S/C18H12ClF2N3O/c19-14-2-1-3-15(21)17(14)18(25)24-16-9-8-13(10-22-16)23-12-6-4-11(20)5-7-12/h1-10,23H,(H,22,24,25). The van der Waals surface area contributed by atoms with Crippen molar-refractivity contribution in [3.63, 3.8) is 0 Å².